The van der Waals surface area contributed by atoms with Gasteiger partial charge < -0.3 is 25.2 Å². The number of anilines is 1. The summed E-state index contributed by atoms with van der Waals surface area (Å²) >= 11 is 12.2. The van der Waals surface area contributed by atoms with Crippen LogP contribution < -0.4 is 10.6 Å². The van der Waals surface area contributed by atoms with Crippen LogP contribution in [0.3, 0.4) is 0 Å². The summed E-state index contributed by atoms with van der Waals surface area (Å²) in [6.45, 7) is 1.92. The summed E-state index contributed by atoms with van der Waals surface area (Å²) in [5.41, 5.74) is 0.512. The smallest absolute Gasteiger partial charge is 0.246 e. The van der Waals surface area contributed by atoms with Crippen molar-refractivity contribution in [3.8, 4) is 0 Å². The number of fused-ring (bicyclic) bond motifs is 1. The molecular formula is C33H38Cl2N4O4. The Morgan fingerprint density at radius 3 is 2.56 bits per heavy atom. The highest BCUT2D eigenvalue weighted by Crippen LogP contribution is 2.55. The standard InChI is InChI=1S/C33H38Cl2N4O4/c1-38(20-21-9-4-2-5-10-21)17-8-18-39-29(31(41)36-22-11-6-3-7-12-22)33-16-15-26(43-33)27(28(33)32(39)42)30(40)37-23-13-14-24(34)25(35)19-23/h2,4-5,9-10,13-16,19,22,26-29H,3,6-8,11-12,17-18,20H2,1H3,(H,36,41)(H,37,40)/t26-,27+,28-,29-,33+/m1/s1. The number of benzene rings is 2. The molecule has 1 saturated carbocycles. The Hall–Kier alpha value is -2.91. The number of likely N-dealkylation sites (tertiary alicyclic amines) is 1. The molecule has 1 aliphatic carbocycles. The minimum absolute atomic E-state index is 0.0852. The van der Waals surface area contributed by atoms with Gasteiger partial charge in [0.05, 0.1) is 28.0 Å². The lowest BCUT2D eigenvalue weighted by molar-refractivity contribution is -0.141. The molecule has 1 spiro atoms. The highest BCUT2D eigenvalue weighted by molar-refractivity contribution is 6.42. The van der Waals surface area contributed by atoms with Gasteiger partial charge in [-0.25, -0.2) is 0 Å². The molecule has 3 heterocycles. The van der Waals surface area contributed by atoms with Crippen LogP contribution in [-0.4, -0.2) is 71.4 Å². The van der Waals surface area contributed by atoms with E-state index in [9.17, 15) is 14.4 Å². The molecule has 3 amide bonds. The van der Waals surface area contributed by atoms with E-state index < -0.39 is 29.6 Å². The quantitative estimate of drug-likeness (QED) is 0.361. The van der Waals surface area contributed by atoms with Gasteiger partial charge in [0, 0.05) is 24.8 Å². The first kappa shape index (κ1) is 30.1. The van der Waals surface area contributed by atoms with Gasteiger partial charge in [-0.2, -0.15) is 0 Å². The molecule has 2 aromatic carbocycles. The SMILES string of the molecule is CN(CCCN1C(=O)[C@H]2[C@@H](C(=O)Nc3ccc(Cl)c(Cl)c3)[C@H]3C=C[C@@]2(O3)[C@H]1C(=O)NC1CCCCC1)Cc1ccccc1. The zero-order valence-corrected chi connectivity index (χ0v) is 25.8. The van der Waals surface area contributed by atoms with Gasteiger partial charge in [-0.3, -0.25) is 14.4 Å². The van der Waals surface area contributed by atoms with Crippen LogP contribution in [0.2, 0.25) is 10.0 Å². The topological polar surface area (TPSA) is 91.0 Å². The number of hydrogen-bond acceptors (Lipinski definition) is 5. The van der Waals surface area contributed by atoms with Crippen molar-refractivity contribution in [3.05, 3.63) is 76.3 Å². The minimum Gasteiger partial charge on any atom is -0.359 e. The molecule has 0 radical (unpaired) electrons. The highest BCUT2D eigenvalue weighted by atomic mass is 35.5. The van der Waals surface area contributed by atoms with Crippen LogP contribution in [0.5, 0.6) is 0 Å². The summed E-state index contributed by atoms with van der Waals surface area (Å²) in [5.74, 6) is -2.33. The second kappa shape index (κ2) is 12.6. The molecule has 6 rings (SSSR count). The lowest BCUT2D eigenvalue weighted by atomic mass is 9.74. The van der Waals surface area contributed by atoms with E-state index in [1.54, 1.807) is 23.1 Å². The van der Waals surface area contributed by atoms with Gasteiger partial charge in [0.15, 0.2) is 0 Å². The highest BCUT2D eigenvalue weighted by Gasteiger charge is 2.72. The van der Waals surface area contributed by atoms with E-state index in [0.29, 0.717) is 28.7 Å². The van der Waals surface area contributed by atoms with Crippen molar-refractivity contribution in [2.24, 2.45) is 11.8 Å². The number of carbonyl (C=O) groups excluding carboxylic acids is 3. The summed E-state index contributed by atoms with van der Waals surface area (Å²) in [4.78, 5) is 45.8. The van der Waals surface area contributed by atoms with Gasteiger partial charge in [-0.15, -0.1) is 0 Å². The van der Waals surface area contributed by atoms with E-state index in [4.69, 9.17) is 27.9 Å². The molecule has 228 valence electrons. The van der Waals surface area contributed by atoms with Crippen LogP contribution in [0.25, 0.3) is 0 Å². The number of nitrogens with one attached hydrogen (secondary N) is 2. The maximum absolute atomic E-state index is 14.2. The van der Waals surface area contributed by atoms with E-state index >= 15 is 0 Å². The molecule has 2 N–H and O–H groups in total. The average Bonchev–Trinajstić information content (AvgIpc) is 3.63. The van der Waals surface area contributed by atoms with Crippen molar-refractivity contribution in [3.63, 3.8) is 0 Å². The van der Waals surface area contributed by atoms with Gasteiger partial charge in [0.2, 0.25) is 17.7 Å². The van der Waals surface area contributed by atoms with E-state index in [2.05, 4.69) is 34.7 Å². The average molecular weight is 626 g/mol. The van der Waals surface area contributed by atoms with Crippen molar-refractivity contribution in [1.29, 1.82) is 0 Å². The monoisotopic (exact) mass is 624 g/mol. The largest absolute Gasteiger partial charge is 0.359 e. The molecule has 5 atom stereocenters. The maximum atomic E-state index is 14.2. The fourth-order valence-corrected chi connectivity index (χ4v) is 7.62. The van der Waals surface area contributed by atoms with Crippen molar-refractivity contribution in [2.45, 2.75) is 68.9 Å². The molecule has 3 aliphatic heterocycles. The molecule has 2 aromatic rings. The Kier molecular flexibility index (Phi) is 8.83. The normalized spacial score (nSPS) is 28.0. The zero-order chi connectivity index (χ0) is 30.1. The molecule has 2 saturated heterocycles. The summed E-state index contributed by atoms with van der Waals surface area (Å²) in [6, 6.07) is 14.3. The molecule has 8 nitrogen and oxygen atoms in total. The number of nitrogens with zero attached hydrogens (tertiary/aromatic N) is 2. The summed E-state index contributed by atoms with van der Waals surface area (Å²) < 4.78 is 6.48. The zero-order valence-electron chi connectivity index (χ0n) is 24.3. The molecule has 0 aromatic heterocycles. The van der Waals surface area contributed by atoms with Gasteiger partial charge in [0.1, 0.15) is 11.6 Å². The number of carbonyl (C=O) groups is 3. The third-order valence-electron chi connectivity index (χ3n) is 9.30. The molecule has 0 unspecified atom stereocenters. The molecule has 3 fully saturated rings. The van der Waals surface area contributed by atoms with Crippen molar-refractivity contribution in [2.75, 3.05) is 25.5 Å². The van der Waals surface area contributed by atoms with Crippen LogP contribution in [-0.2, 0) is 25.7 Å². The Bertz CT molecular complexity index is 1400. The fraction of sp³-hybridized carbons (Fsp3) is 0.485. The molecule has 4 aliphatic rings. The number of rotatable bonds is 10. The molecule has 43 heavy (non-hydrogen) atoms. The van der Waals surface area contributed by atoms with E-state index in [1.807, 2.05) is 30.4 Å². The fourth-order valence-electron chi connectivity index (χ4n) is 7.32. The molecule has 10 heteroatoms. The van der Waals surface area contributed by atoms with Crippen LogP contribution >= 0.6 is 23.2 Å². The van der Waals surface area contributed by atoms with Crippen LogP contribution in [0.1, 0.15) is 44.1 Å². The number of ether oxygens (including phenoxy) is 1. The van der Waals surface area contributed by atoms with E-state index in [1.165, 1.54) is 12.0 Å². The van der Waals surface area contributed by atoms with Crippen molar-refractivity contribution in [1.82, 2.24) is 15.1 Å². The first-order valence-electron chi connectivity index (χ1n) is 15.2. The Morgan fingerprint density at radius 1 is 1.05 bits per heavy atom. The molecule has 2 bridgehead atoms. The second-order valence-electron chi connectivity index (χ2n) is 12.3. The number of hydrogen-bond donors (Lipinski definition) is 2. The van der Waals surface area contributed by atoms with Crippen molar-refractivity contribution >= 4 is 46.6 Å². The second-order valence-corrected chi connectivity index (χ2v) is 13.1. The Labute approximate surface area is 262 Å². The van der Waals surface area contributed by atoms with Crippen molar-refractivity contribution < 1.29 is 19.1 Å². The predicted molar refractivity (Wildman–Crippen MR) is 167 cm³/mol. The minimum atomic E-state index is -1.18. The van der Waals surface area contributed by atoms with Crippen LogP contribution in [0.4, 0.5) is 5.69 Å². The summed E-state index contributed by atoms with van der Waals surface area (Å²) in [5, 5.41) is 6.84. The third kappa shape index (κ3) is 5.95. The van der Waals surface area contributed by atoms with E-state index in [-0.39, 0.29) is 23.8 Å². The Morgan fingerprint density at radius 2 is 1.81 bits per heavy atom. The summed E-state index contributed by atoms with van der Waals surface area (Å²) in [7, 11) is 2.05. The van der Waals surface area contributed by atoms with Gasteiger partial charge in [-0.1, -0.05) is 84.9 Å². The third-order valence-corrected chi connectivity index (χ3v) is 10.0. The molecular weight excluding hydrogens is 587 g/mol. The number of amides is 3. The Balaban J connectivity index is 1.21. The summed E-state index contributed by atoms with van der Waals surface area (Å²) in [6.07, 6.45) is 8.97. The number of halogens is 2. The van der Waals surface area contributed by atoms with Crippen LogP contribution in [0, 0.1) is 11.8 Å². The lowest BCUT2D eigenvalue weighted by Crippen LogP contribution is -2.56. The first-order chi connectivity index (χ1) is 20.8. The lowest BCUT2D eigenvalue weighted by Gasteiger charge is -2.34. The van der Waals surface area contributed by atoms with Crippen LogP contribution in [0.15, 0.2) is 60.7 Å². The van der Waals surface area contributed by atoms with E-state index in [0.717, 1.165) is 38.8 Å². The van der Waals surface area contributed by atoms with Gasteiger partial charge >= 0.3 is 0 Å². The maximum Gasteiger partial charge on any atom is 0.246 e. The predicted octanol–water partition coefficient (Wildman–Crippen LogP) is 5.05. The van der Waals surface area contributed by atoms with Gasteiger partial charge in [-0.05, 0) is 56.6 Å². The van der Waals surface area contributed by atoms with Gasteiger partial charge in [0.25, 0.3) is 0 Å². The first-order valence-corrected chi connectivity index (χ1v) is 16.0.